The van der Waals surface area contributed by atoms with Gasteiger partial charge in [0.15, 0.2) is 0 Å². The maximum atomic E-state index is 5.44. The second-order valence-electron chi connectivity index (χ2n) is 6.79. The lowest BCUT2D eigenvalue weighted by Crippen LogP contribution is -2.56. The van der Waals surface area contributed by atoms with E-state index in [9.17, 15) is 0 Å². The molecule has 1 saturated carbocycles. The van der Waals surface area contributed by atoms with Crippen LogP contribution in [0.25, 0.3) is 0 Å². The Labute approximate surface area is 124 Å². The topological polar surface area (TPSA) is 12.5 Å². The molecule has 2 atom stereocenters. The summed E-state index contributed by atoms with van der Waals surface area (Å²) in [6.07, 6.45) is 6.50. The number of hydrogen-bond donors (Lipinski definition) is 0. The second-order valence-corrected chi connectivity index (χ2v) is 6.79. The molecule has 1 aromatic carbocycles. The lowest BCUT2D eigenvalue weighted by Gasteiger charge is -2.51. The molecule has 0 spiro atoms. The zero-order valence-electron chi connectivity index (χ0n) is 13.7. The van der Waals surface area contributed by atoms with Crippen molar-refractivity contribution in [2.45, 2.75) is 56.9 Å². The summed E-state index contributed by atoms with van der Waals surface area (Å²) >= 11 is 0. The molecule has 0 aromatic heterocycles. The van der Waals surface area contributed by atoms with Gasteiger partial charge in [0, 0.05) is 11.0 Å². The Morgan fingerprint density at radius 3 is 2.40 bits per heavy atom. The van der Waals surface area contributed by atoms with Crippen LogP contribution in [0.3, 0.4) is 0 Å². The first-order valence-electron chi connectivity index (χ1n) is 7.76. The predicted octanol–water partition coefficient (Wildman–Crippen LogP) is 4.24. The molecule has 0 radical (unpaired) electrons. The molecular formula is C18H29NO. The van der Waals surface area contributed by atoms with Gasteiger partial charge in [-0.2, -0.15) is 0 Å². The van der Waals surface area contributed by atoms with Crippen molar-refractivity contribution in [3.63, 3.8) is 0 Å². The molecule has 0 bridgehead atoms. The highest BCUT2D eigenvalue weighted by Gasteiger charge is 2.47. The van der Waals surface area contributed by atoms with Gasteiger partial charge < -0.3 is 9.64 Å². The van der Waals surface area contributed by atoms with Crippen LogP contribution < -0.4 is 4.74 Å². The normalized spacial score (nSPS) is 31.1. The molecule has 2 heteroatoms. The third-order valence-electron chi connectivity index (χ3n) is 5.72. The predicted molar refractivity (Wildman–Crippen MR) is 85.5 cm³/mol. The van der Waals surface area contributed by atoms with Gasteiger partial charge in [-0.15, -0.1) is 0 Å². The molecule has 2 unspecified atom stereocenters. The number of rotatable bonds is 3. The zero-order chi connectivity index (χ0) is 14.8. The Hall–Kier alpha value is -1.02. The Morgan fingerprint density at radius 2 is 1.75 bits per heavy atom. The molecule has 2 rings (SSSR count). The summed E-state index contributed by atoms with van der Waals surface area (Å²) in [4.78, 5) is 2.43. The van der Waals surface area contributed by atoms with Gasteiger partial charge in [-0.05, 0) is 51.6 Å². The number of ether oxygens (including phenoxy) is 1. The van der Waals surface area contributed by atoms with Crippen LogP contribution in [0.5, 0.6) is 5.75 Å². The minimum Gasteiger partial charge on any atom is -0.497 e. The largest absolute Gasteiger partial charge is 0.497 e. The van der Waals surface area contributed by atoms with Gasteiger partial charge in [0.1, 0.15) is 5.75 Å². The van der Waals surface area contributed by atoms with Crippen molar-refractivity contribution in [2.75, 3.05) is 21.2 Å². The second kappa shape index (κ2) is 5.77. The Balaban J connectivity index is 2.50. The molecule has 20 heavy (non-hydrogen) atoms. The first-order chi connectivity index (χ1) is 9.44. The first-order valence-corrected chi connectivity index (χ1v) is 7.76. The van der Waals surface area contributed by atoms with Crippen LogP contribution in [0.15, 0.2) is 24.3 Å². The molecular weight excluding hydrogens is 246 g/mol. The highest BCUT2D eigenvalue weighted by Crippen LogP contribution is 2.47. The molecule has 0 saturated heterocycles. The van der Waals surface area contributed by atoms with Gasteiger partial charge >= 0.3 is 0 Å². The summed E-state index contributed by atoms with van der Waals surface area (Å²) in [6.45, 7) is 4.87. The van der Waals surface area contributed by atoms with E-state index in [4.69, 9.17) is 4.74 Å². The van der Waals surface area contributed by atoms with Crippen molar-refractivity contribution >= 4 is 0 Å². The standard InChI is InChI=1S/C18H29NO/c1-17(15-10-9-11-16(14-15)20-5)12-7-6-8-13-18(17,2)19(3)4/h9-11,14H,6-8,12-13H2,1-5H3. The van der Waals surface area contributed by atoms with Crippen LogP contribution >= 0.6 is 0 Å². The van der Waals surface area contributed by atoms with E-state index >= 15 is 0 Å². The lowest BCUT2D eigenvalue weighted by molar-refractivity contribution is 0.0680. The van der Waals surface area contributed by atoms with Gasteiger partial charge in [-0.3, -0.25) is 0 Å². The van der Waals surface area contributed by atoms with E-state index in [1.807, 2.05) is 6.07 Å². The zero-order valence-corrected chi connectivity index (χ0v) is 13.7. The third-order valence-corrected chi connectivity index (χ3v) is 5.72. The van der Waals surface area contributed by atoms with Crippen LogP contribution in [0.4, 0.5) is 0 Å². The minimum absolute atomic E-state index is 0.168. The monoisotopic (exact) mass is 275 g/mol. The molecule has 1 aliphatic carbocycles. The van der Waals surface area contributed by atoms with Crippen LogP contribution in [0.1, 0.15) is 51.5 Å². The number of nitrogens with zero attached hydrogens (tertiary/aromatic N) is 1. The fourth-order valence-corrected chi connectivity index (χ4v) is 3.81. The van der Waals surface area contributed by atoms with E-state index in [1.54, 1.807) is 7.11 Å². The Kier molecular flexibility index (Phi) is 4.43. The van der Waals surface area contributed by atoms with Crippen molar-refractivity contribution in [1.82, 2.24) is 4.90 Å². The molecule has 0 heterocycles. The Morgan fingerprint density at radius 1 is 1.05 bits per heavy atom. The summed E-state index contributed by atoms with van der Waals surface area (Å²) in [7, 11) is 6.20. The van der Waals surface area contributed by atoms with Crippen LogP contribution in [0.2, 0.25) is 0 Å². The molecule has 1 aliphatic rings. The van der Waals surface area contributed by atoms with E-state index in [0.717, 1.165) is 5.75 Å². The minimum atomic E-state index is 0.168. The fourth-order valence-electron chi connectivity index (χ4n) is 3.81. The van der Waals surface area contributed by atoms with E-state index < -0.39 is 0 Å². The Bertz CT molecular complexity index is 456. The van der Waals surface area contributed by atoms with Gasteiger partial charge in [-0.25, -0.2) is 0 Å². The third kappa shape index (κ3) is 2.46. The number of benzene rings is 1. The van der Waals surface area contributed by atoms with E-state index in [-0.39, 0.29) is 11.0 Å². The smallest absolute Gasteiger partial charge is 0.119 e. The maximum Gasteiger partial charge on any atom is 0.119 e. The van der Waals surface area contributed by atoms with Crippen molar-refractivity contribution in [3.05, 3.63) is 29.8 Å². The summed E-state index contributed by atoms with van der Waals surface area (Å²) in [5.41, 5.74) is 1.77. The molecule has 2 nitrogen and oxygen atoms in total. The highest BCUT2D eigenvalue weighted by molar-refractivity contribution is 5.36. The summed E-state index contributed by atoms with van der Waals surface area (Å²) in [6, 6.07) is 8.67. The maximum absolute atomic E-state index is 5.44. The average molecular weight is 275 g/mol. The van der Waals surface area contributed by atoms with Crippen LogP contribution in [0, 0.1) is 0 Å². The molecule has 0 aliphatic heterocycles. The van der Waals surface area contributed by atoms with Crippen LogP contribution in [-0.2, 0) is 5.41 Å². The number of hydrogen-bond acceptors (Lipinski definition) is 2. The lowest BCUT2D eigenvalue weighted by atomic mass is 9.63. The quantitative estimate of drug-likeness (QED) is 0.765. The first kappa shape index (κ1) is 15.4. The summed E-state index contributed by atoms with van der Waals surface area (Å²) in [5.74, 6) is 0.967. The van der Waals surface area contributed by atoms with Crippen molar-refractivity contribution in [2.24, 2.45) is 0 Å². The molecule has 0 N–H and O–H groups in total. The van der Waals surface area contributed by atoms with Gasteiger partial charge in [-0.1, -0.05) is 38.3 Å². The molecule has 1 fully saturated rings. The SMILES string of the molecule is COc1cccc(C2(C)CCCCCC2(C)N(C)C)c1. The van der Waals surface area contributed by atoms with E-state index in [1.165, 1.54) is 37.7 Å². The highest BCUT2D eigenvalue weighted by atomic mass is 16.5. The molecule has 0 amide bonds. The summed E-state index contributed by atoms with van der Waals surface area (Å²) < 4.78 is 5.44. The fraction of sp³-hybridized carbons (Fsp3) is 0.667. The van der Waals surface area contributed by atoms with E-state index in [0.29, 0.717) is 0 Å². The molecule has 1 aromatic rings. The van der Waals surface area contributed by atoms with Gasteiger partial charge in [0.05, 0.1) is 7.11 Å². The van der Waals surface area contributed by atoms with Crippen molar-refractivity contribution < 1.29 is 4.74 Å². The van der Waals surface area contributed by atoms with E-state index in [2.05, 4.69) is 51.0 Å². The summed E-state index contributed by atoms with van der Waals surface area (Å²) in [5, 5.41) is 0. The van der Waals surface area contributed by atoms with Crippen molar-refractivity contribution in [3.8, 4) is 5.75 Å². The number of methoxy groups -OCH3 is 1. The number of likely N-dealkylation sites (N-methyl/N-ethyl adjacent to an activating group) is 1. The average Bonchev–Trinajstić information content (AvgIpc) is 2.60. The van der Waals surface area contributed by atoms with Gasteiger partial charge in [0.25, 0.3) is 0 Å². The molecule has 112 valence electrons. The van der Waals surface area contributed by atoms with Crippen molar-refractivity contribution in [1.29, 1.82) is 0 Å². The van der Waals surface area contributed by atoms with Crippen LogP contribution in [-0.4, -0.2) is 31.6 Å². The van der Waals surface area contributed by atoms with Gasteiger partial charge in [0.2, 0.25) is 0 Å².